The number of ketones is 1. The second kappa shape index (κ2) is 10.6. The molecule has 0 radical (unpaired) electrons. The largest absolute Gasteiger partial charge is 0.497 e. The number of rotatable bonds is 12. The molecular formula is C21H34O4. The average Bonchev–Trinajstić information content (AvgIpc) is 2.58. The molecular weight excluding hydrogens is 316 g/mol. The molecule has 0 heterocycles. The van der Waals surface area contributed by atoms with Crippen LogP contribution in [-0.4, -0.2) is 31.2 Å². The van der Waals surface area contributed by atoms with E-state index in [0.29, 0.717) is 18.9 Å². The van der Waals surface area contributed by atoms with Gasteiger partial charge in [-0.15, -0.1) is 0 Å². The molecule has 0 aliphatic rings. The summed E-state index contributed by atoms with van der Waals surface area (Å²) in [7, 11) is 1.64. The van der Waals surface area contributed by atoms with Gasteiger partial charge < -0.3 is 14.2 Å². The normalized spacial score (nSPS) is 13.1. The summed E-state index contributed by atoms with van der Waals surface area (Å²) in [5.41, 5.74) is 0.259. The Bertz CT molecular complexity index is 505. The Balaban J connectivity index is 2.36. The molecule has 1 aromatic carbocycles. The summed E-state index contributed by atoms with van der Waals surface area (Å²) >= 11 is 0. The van der Waals surface area contributed by atoms with Crippen LogP contribution >= 0.6 is 0 Å². The van der Waals surface area contributed by atoms with Gasteiger partial charge in [-0.05, 0) is 64.2 Å². The van der Waals surface area contributed by atoms with Gasteiger partial charge in [-0.3, -0.25) is 4.79 Å². The first kappa shape index (κ1) is 21.7. The highest BCUT2D eigenvalue weighted by atomic mass is 16.5. The predicted octanol–water partition coefficient (Wildman–Crippen LogP) is 4.79. The highest BCUT2D eigenvalue weighted by Gasteiger charge is 2.28. The van der Waals surface area contributed by atoms with Crippen LogP contribution in [0.4, 0.5) is 0 Å². The van der Waals surface area contributed by atoms with Gasteiger partial charge in [0.2, 0.25) is 0 Å². The van der Waals surface area contributed by atoms with E-state index in [1.54, 1.807) is 7.11 Å². The number of carbonyl (C=O) groups is 1. The zero-order chi connectivity index (χ0) is 18.9. The summed E-state index contributed by atoms with van der Waals surface area (Å²) < 4.78 is 16.6. The Kier molecular flexibility index (Phi) is 9.15. The minimum Gasteiger partial charge on any atom is -0.497 e. The average molecular weight is 350 g/mol. The molecule has 0 aliphatic carbocycles. The van der Waals surface area contributed by atoms with Crippen molar-refractivity contribution in [2.75, 3.05) is 13.7 Å². The van der Waals surface area contributed by atoms with Crippen LogP contribution in [-0.2, 0) is 20.9 Å². The lowest BCUT2D eigenvalue weighted by atomic mass is 9.94. The fraction of sp³-hybridized carbons (Fsp3) is 0.667. The number of hydrogen-bond donors (Lipinski definition) is 0. The predicted molar refractivity (Wildman–Crippen MR) is 101 cm³/mol. The third-order valence-corrected chi connectivity index (χ3v) is 4.36. The van der Waals surface area contributed by atoms with Crippen molar-refractivity contribution in [3.05, 3.63) is 29.8 Å². The van der Waals surface area contributed by atoms with E-state index >= 15 is 0 Å². The lowest BCUT2D eigenvalue weighted by molar-refractivity contribution is -0.142. The van der Waals surface area contributed by atoms with Gasteiger partial charge in [-0.25, -0.2) is 0 Å². The van der Waals surface area contributed by atoms with Gasteiger partial charge in [0, 0.05) is 13.0 Å². The number of benzene rings is 1. The molecule has 0 saturated carbocycles. The molecule has 1 rings (SSSR count). The molecule has 1 unspecified atom stereocenters. The van der Waals surface area contributed by atoms with Crippen molar-refractivity contribution < 1.29 is 19.0 Å². The van der Waals surface area contributed by atoms with Gasteiger partial charge >= 0.3 is 0 Å². The Morgan fingerprint density at radius 1 is 1.08 bits per heavy atom. The lowest BCUT2D eigenvalue weighted by Crippen LogP contribution is -2.35. The van der Waals surface area contributed by atoms with Crippen molar-refractivity contribution in [2.24, 2.45) is 5.92 Å². The molecule has 0 N–H and O–H groups in total. The standard InChI is InChI=1S/C21H34O4/c1-16(2)24-14-13-17(3)7-12-20(22)21(4,5)25-15-18-8-10-19(23-6)11-9-18/h8-11,16-17H,7,12-15H2,1-6H3. The molecule has 25 heavy (non-hydrogen) atoms. The zero-order valence-corrected chi connectivity index (χ0v) is 16.6. The van der Waals surface area contributed by atoms with Gasteiger partial charge in [0.25, 0.3) is 0 Å². The van der Waals surface area contributed by atoms with Crippen molar-refractivity contribution >= 4 is 5.78 Å². The fourth-order valence-electron chi connectivity index (χ4n) is 2.39. The first-order chi connectivity index (χ1) is 11.7. The molecule has 0 spiro atoms. The van der Waals surface area contributed by atoms with E-state index in [2.05, 4.69) is 6.92 Å². The minimum absolute atomic E-state index is 0.151. The van der Waals surface area contributed by atoms with Crippen LogP contribution in [0.15, 0.2) is 24.3 Å². The second-order valence-corrected chi connectivity index (χ2v) is 7.42. The summed E-state index contributed by atoms with van der Waals surface area (Å²) in [6.45, 7) is 11.1. The van der Waals surface area contributed by atoms with Crippen LogP contribution in [0.25, 0.3) is 0 Å². The van der Waals surface area contributed by atoms with E-state index in [9.17, 15) is 4.79 Å². The summed E-state index contributed by atoms with van der Waals surface area (Å²) in [4.78, 5) is 12.5. The van der Waals surface area contributed by atoms with Gasteiger partial charge in [-0.2, -0.15) is 0 Å². The Labute approximate surface area is 152 Å². The van der Waals surface area contributed by atoms with Crippen molar-refractivity contribution in [1.82, 2.24) is 0 Å². The van der Waals surface area contributed by atoms with Gasteiger partial charge in [0.05, 0.1) is 19.8 Å². The first-order valence-electron chi connectivity index (χ1n) is 9.16. The van der Waals surface area contributed by atoms with Gasteiger partial charge in [0.1, 0.15) is 11.4 Å². The molecule has 1 aromatic rings. The summed E-state index contributed by atoms with van der Waals surface area (Å²) in [6, 6.07) is 7.70. The first-order valence-corrected chi connectivity index (χ1v) is 9.16. The highest BCUT2D eigenvalue weighted by molar-refractivity contribution is 5.86. The summed E-state index contributed by atoms with van der Waals surface area (Å²) in [5, 5.41) is 0. The molecule has 142 valence electrons. The van der Waals surface area contributed by atoms with E-state index in [1.165, 1.54) is 0 Å². The smallest absolute Gasteiger partial charge is 0.164 e. The molecule has 4 nitrogen and oxygen atoms in total. The SMILES string of the molecule is COc1ccc(COC(C)(C)C(=O)CCC(C)CCOC(C)C)cc1. The number of hydrogen-bond acceptors (Lipinski definition) is 4. The molecule has 4 heteroatoms. The summed E-state index contributed by atoms with van der Waals surface area (Å²) in [5.74, 6) is 1.44. The quantitative estimate of drug-likeness (QED) is 0.543. The fourth-order valence-corrected chi connectivity index (χ4v) is 2.39. The lowest BCUT2D eigenvalue weighted by Gasteiger charge is -2.24. The Morgan fingerprint density at radius 3 is 2.28 bits per heavy atom. The van der Waals surface area contributed by atoms with Crippen LogP contribution in [0.1, 0.15) is 59.4 Å². The van der Waals surface area contributed by atoms with Gasteiger partial charge in [0.15, 0.2) is 5.78 Å². The topological polar surface area (TPSA) is 44.8 Å². The van der Waals surface area contributed by atoms with Crippen LogP contribution in [0.2, 0.25) is 0 Å². The highest BCUT2D eigenvalue weighted by Crippen LogP contribution is 2.21. The van der Waals surface area contributed by atoms with Crippen molar-refractivity contribution in [3.63, 3.8) is 0 Å². The molecule has 0 aromatic heterocycles. The van der Waals surface area contributed by atoms with E-state index in [1.807, 2.05) is 52.0 Å². The third kappa shape index (κ3) is 8.50. The molecule has 0 bridgehead atoms. The number of methoxy groups -OCH3 is 1. The molecule has 0 aliphatic heterocycles. The van der Waals surface area contributed by atoms with Crippen molar-refractivity contribution in [1.29, 1.82) is 0 Å². The van der Waals surface area contributed by atoms with E-state index in [4.69, 9.17) is 14.2 Å². The van der Waals surface area contributed by atoms with E-state index < -0.39 is 5.60 Å². The Morgan fingerprint density at radius 2 is 1.72 bits per heavy atom. The van der Waals surface area contributed by atoms with Crippen LogP contribution in [0.5, 0.6) is 5.75 Å². The maximum atomic E-state index is 12.5. The molecule has 0 saturated heterocycles. The maximum absolute atomic E-state index is 12.5. The maximum Gasteiger partial charge on any atom is 0.164 e. The van der Waals surface area contributed by atoms with Gasteiger partial charge in [-0.1, -0.05) is 19.1 Å². The number of ether oxygens (including phenoxy) is 3. The monoisotopic (exact) mass is 350 g/mol. The van der Waals surface area contributed by atoms with Crippen molar-refractivity contribution in [3.8, 4) is 5.75 Å². The van der Waals surface area contributed by atoms with Crippen LogP contribution in [0, 0.1) is 5.92 Å². The van der Waals surface area contributed by atoms with Crippen LogP contribution in [0.3, 0.4) is 0 Å². The molecule has 0 amide bonds. The molecule has 0 fully saturated rings. The van der Waals surface area contributed by atoms with E-state index in [0.717, 1.165) is 30.8 Å². The summed E-state index contributed by atoms with van der Waals surface area (Å²) in [6.07, 6.45) is 2.66. The number of carbonyl (C=O) groups excluding carboxylic acids is 1. The minimum atomic E-state index is -0.770. The Hall–Kier alpha value is -1.39. The van der Waals surface area contributed by atoms with Crippen molar-refractivity contribution in [2.45, 2.75) is 72.2 Å². The molecule has 1 atom stereocenters. The zero-order valence-electron chi connectivity index (χ0n) is 16.6. The number of Topliss-reactive ketones (excluding diaryl/α,β-unsaturated/α-hetero) is 1. The van der Waals surface area contributed by atoms with Crippen LogP contribution < -0.4 is 4.74 Å². The van der Waals surface area contributed by atoms with E-state index in [-0.39, 0.29) is 11.9 Å². The second-order valence-electron chi connectivity index (χ2n) is 7.42. The third-order valence-electron chi connectivity index (χ3n) is 4.36.